The highest BCUT2D eigenvalue weighted by atomic mass is 32.2. The third-order valence-electron chi connectivity index (χ3n) is 4.61. The minimum Gasteiger partial charge on any atom is -0.393 e. The van der Waals surface area contributed by atoms with Gasteiger partial charge in [-0.25, -0.2) is 23.4 Å². The number of aromatic nitrogens is 3. The maximum absolute atomic E-state index is 11.7. The molecule has 4 rings (SSSR count). The Hall–Kier alpha value is -2.36. The van der Waals surface area contributed by atoms with Gasteiger partial charge in [0.15, 0.2) is 14.9 Å². The summed E-state index contributed by atoms with van der Waals surface area (Å²) in [6.45, 7) is 1.99. The van der Waals surface area contributed by atoms with E-state index in [-0.39, 0.29) is 17.1 Å². The molecule has 0 saturated heterocycles. The van der Waals surface area contributed by atoms with Gasteiger partial charge >= 0.3 is 0 Å². The van der Waals surface area contributed by atoms with Crippen molar-refractivity contribution in [2.75, 3.05) is 11.6 Å². The van der Waals surface area contributed by atoms with Crippen molar-refractivity contribution in [1.29, 1.82) is 0 Å². The summed E-state index contributed by atoms with van der Waals surface area (Å²) in [5.41, 5.74) is 2.84. The molecule has 0 unspecified atom stereocenters. The lowest BCUT2D eigenvalue weighted by atomic mass is 9.83. The topological polar surface area (TPSA) is 105 Å². The van der Waals surface area contributed by atoms with Gasteiger partial charge in [-0.05, 0) is 49.1 Å². The molecule has 1 aromatic carbocycles. The van der Waals surface area contributed by atoms with Crippen LogP contribution in [0.1, 0.15) is 29.3 Å². The van der Waals surface area contributed by atoms with E-state index in [0.29, 0.717) is 5.92 Å². The summed E-state index contributed by atoms with van der Waals surface area (Å²) in [5.74, 6) is 0.580. The molecule has 28 heavy (non-hydrogen) atoms. The molecule has 2 aromatic heterocycles. The first-order chi connectivity index (χ1) is 13.3. The van der Waals surface area contributed by atoms with E-state index in [4.69, 9.17) is 0 Å². The van der Waals surface area contributed by atoms with E-state index in [1.54, 1.807) is 11.3 Å². The van der Waals surface area contributed by atoms with Crippen molar-refractivity contribution in [2.45, 2.75) is 36.8 Å². The van der Waals surface area contributed by atoms with Gasteiger partial charge in [0, 0.05) is 30.3 Å². The number of hydrogen-bond donors (Lipinski definition) is 2. The molecular weight excluding hydrogens is 396 g/mol. The van der Waals surface area contributed by atoms with Crippen LogP contribution in [0, 0.1) is 6.92 Å². The second-order valence-corrected chi connectivity index (χ2v) is 10.1. The number of rotatable bonds is 5. The molecule has 9 heteroatoms. The number of hydrogen-bond acceptors (Lipinski definition) is 8. The van der Waals surface area contributed by atoms with Crippen LogP contribution in [0.3, 0.4) is 0 Å². The van der Waals surface area contributed by atoms with Crippen molar-refractivity contribution in [1.82, 2.24) is 15.0 Å². The van der Waals surface area contributed by atoms with Gasteiger partial charge in [-0.2, -0.15) is 0 Å². The lowest BCUT2D eigenvalue weighted by Gasteiger charge is -2.29. The average molecular weight is 417 g/mol. The summed E-state index contributed by atoms with van der Waals surface area (Å²) in [5, 5.41) is 13.6. The lowest BCUT2D eigenvalue weighted by molar-refractivity contribution is 0.0745. The van der Waals surface area contributed by atoms with Gasteiger partial charge in [-0.3, -0.25) is 0 Å². The molecule has 0 atom stereocenters. The summed E-state index contributed by atoms with van der Waals surface area (Å²) in [7, 11) is -3.40. The Morgan fingerprint density at radius 2 is 2.00 bits per heavy atom. The number of anilines is 2. The zero-order valence-corrected chi connectivity index (χ0v) is 17.1. The number of benzene rings is 1. The fraction of sp³-hybridized carbons (Fsp3) is 0.316. The summed E-state index contributed by atoms with van der Waals surface area (Å²) in [6.07, 6.45) is 5.76. The lowest BCUT2D eigenvalue weighted by Crippen LogP contribution is -2.26. The number of aliphatic hydroxyl groups is 1. The zero-order chi connectivity index (χ0) is 19.9. The Morgan fingerprint density at radius 3 is 2.71 bits per heavy atom. The Kier molecular flexibility index (Phi) is 4.90. The van der Waals surface area contributed by atoms with Crippen LogP contribution in [0.4, 0.5) is 11.6 Å². The number of aliphatic hydroxyl groups excluding tert-OH is 1. The summed E-state index contributed by atoms with van der Waals surface area (Å²) in [6, 6.07) is 7.37. The molecule has 146 valence electrons. The predicted molar refractivity (Wildman–Crippen MR) is 109 cm³/mol. The molecule has 3 aromatic rings. The molecule has 1 fully saturated rings. The van der Waals surface area contributed by atoms with Crippen molar-refractivity contribution in [3.63, 3.8) is 0 Å². The molecule has 0 aliphatic heterocycles. The normalized spacial score (nSPS) is 19.2. The Balaban J connectivity index is 1.60. The number of aryl methyl sites for hydroxylation is 1. The van der Waals surface area contributed by atoms with Crippen LogP contribution in [-0.4, -0.2) is 40.8 Å². The molecule has 1 saturated carbocycles. The Morgan fingerprint density at radius 1 is 1.21 bits per heavy atom. The number of nitrogens with one attached hydrogen (secondary N) is 1. The van der Waals surface area contributed by atoms with Gasteiger partial charge < -0.3 is 10.4 Å². The van der Waals surface area contributed by atoms with E-state index >= 15 is 0 Å². The SMILES string of the molecule is Cc1cc(Nc2nccc(S(C)(=O)=O)n2)cc(-c2cnc(C3CC(O)C3)s2)c1. The fourth-order valence-corrected chi connectivity index (χ4v) is 4.73. The number of thiazole rings is 1. The minimum absolute atomic E-state index is 0.0207. The third kappa shape index (κ3) is 4.06. The molecule has 0 radical (unpaired) electrons. The highest BCUT2D eigenvalue weighted by molar-refractivity contribution is 7.90. The van der Waals surface area contributed by atoms with E-state index < -0.39 is 9.84 Å². The van der Waals surface area contributed by atoms with Gasteiger partial charge in [-0.15, -0.1) is 11.3 Å². The molecule has 1 aliphatic rings. The van der Waals surface area contributed by atoms with Crippen molar-refractivity contribution < 1.29 is 13.5 Å². The molecule has 1 aliphatic carbocycles. The van der Waals surface area contributed by atoms with Crippen LogP contribution >= 0.6 is 11.3 Å². The summed E-state index contributed by atoms with van der Waals surface area (Å²) in [4.78, 5) is 13.8. The Labute approximate surface area is 167 Å². The standard InChI is InChI=1S/C19H20N4O3S2/c1-11-5-12(16-10-21-18(27-16)13-8-15(24)9-13)7-14(6-11)22-19-20-4-3-17(23-19)28(2,25)26/h3-7,10,13,15,24H,8-9H2,1-2H3,(H,20,22,23). The first-order valence-electron chi connectivity index (χ1n) is 8.84. The first-order valence-corrected chi connectivity index (χ1v) is 11.5. The fourth-order valence-electron chi connectivity index (χ4n) is 3.13. The van der Waals surface area contributed by atoms with Crippen molar-refractivity contribution in [3.8, 4) is 10.4 Å². The molecule has 0 bridgehead atoms. The molecule has 0 spiro atoms. The maximum Gasteiger partial charge on any atom is 0.228 e. The van der Waals surface area contributed by atoms with E-state index in [0.717, 1.165) is 45.8 Å². The van der Waals surface area contributed by atoms with Crippen molar-refractivity contribution in [2.24, 2.45) is 0 Å². The van der Waals surface area contributed by atoms with Gasteiger partial charge in [0.05, 0.1) is 16.0 Å². The van der Waals surface area contributed by atoms with Crippen LogP contribution in [0.2, 0.25) is 0 Å². The smallest absolute Gasteiger partial charge is 0.228 e. The van der Waals surface area contributed by atoms with E-state index in [1.807, 2.05) is 25.3 Å². The monoisotopic (exact) mass is 416 g/mol. The zero-order valence-electron chi connectivity index (χ0n) is 15.5. The molecule has 0 amide bonds. The van der Waals surface area contributed by atoms with Gasteiger partial charge in [-0.1, -0.05) is 6.07 Å². The second-order valence-electron chi connectivity index (χ2n) is 7.09. The largest absolute Gasteiger partial charge is 0.393 e. The van der Waals surface area contributed by atoms with Crippen LogP contribution < -0.4 is 5.32 Å². The third-order valence-corrected chi connectivity index (χ3v) is 6.81. The second kappa shape index (κ2) is 7.23. The summed E-state index contributed by atoms with van der Waals surface area (Å²) < 4.78 is 23.4. The minimum atomic E-state index is -3.40. The molecular formula is C19H20N4O3S2. The van der Waals surface area contributed by atoms with Crippen LogP contribution in [0.25, 0.3) is 10.4 Å². The highest BCUT2D eigenvalue weighted by Crippen LogP contribution is 2.41. The highest BCUT2D eigenvalue weighted by Gasteiger charge is 2.30. The number of nitrogens with zero attached hydrogens (tertiary/aromatic N) is 3. The van der Waals surface area contributed by atoms with E-state index in [9.17, 15) is 13.5 Å². The molecule has 7 nitrogen and oxygen atoms in total. The predicted octanol–water partition coefficient (Wildman–Crippen LogP) is 3.29. The quantitative estimate of drug-likeness (QED) is 0.615. The molecule has 2 N–H and O–H groups in total. The van der Waals surface area contributed by atoms with Crippen molar-refractivity contribution >= 4 is 32.8 Å². The Bertz CT molecular complexity index is 1120. The average Bonchev–Trinajstić information content (AvgIpc) is 3.07. The van der Waals surface area contributed by atoms with E-state index in [2.05, 4.69) is 26.3 Å². The summed E-state index contributed by atoms with van der Waals surface area (Å²) >= 11 is 1.64. The number of sulfone groups is 1. The van der Waals surface area contributed by atoms with Gasteiger partial charge in [0.2, 0.25) is 5.95 Å². The van der Waals surface area contributed by atoms with Crippen LogP contribution in [-0.2, 0) is 9.84 Å². The maximum atomic E-state index is 11.7. The van der Waals surface area contributed by atoms with Gasteiger partial charge in [0.1, 0.15) is 0 Å². The van der Waals surface area contributed by atoms with Crippen LogP contribution in [0.15, 0.2) is 41.7 Å². The van der Waals surface area contributed by atoms with Crippen LogP contribution in [0.5, 0.6) is 0 Å². The van der Waals surface area contributed by atoms with Gasteiger partial charge in [0.25, 0.3) is 0 Å². The molecule has 2 heterocycles. The van der Waals surface area contributed by atoms with Crippen molar-refractivity contribution in [3.05, 3.63) is 47.2 Å². The van der Waals surface area contributed by atoms with E-state index in [1.165, 1.54) is 12.3 Å². The first kappa shape index (κ1) is 19.0.